The Morgan fingerprint density at radius 2 is 2.09 bits per heavy atom. The number of anilines is 1. The van der Waals surface area contributed by atoms with Crippen LogP contribution >= 0.6 is 24.0 Å². The monoisotopic (exact) mass is 564 g/mol. The zero-order valence-electron chi connectivity index (χ0n) is 18.1. The van der Waals surface area contributed by atoms with Crippen molar-refractivity contribution in [2.45, 2.75) is 20.1 Å². The number of guanidine groups is 1. The molecule has 1 saturated heterocycles. The number of alkyl halides is 2. The maximum absolute atomic E-state index is 12.7. The fraction of sp³-hybridized carbons (Fsp3) is 0.450. The smallest absolute Gasteiger partial charge is 0.387 e. The molecule has 1 N–H and O–H groups in total. The van der Waals surface area contributed by atoms with Gasteiger partial charge in [0.2, 0.25) is 5.91 Å². The quantitative estimate of drug-likeness (QED) is 0.316. The number of aliphatic imine (C=N–C) groups is 1. The van der Waals surface area contributed by atoms with Crippen LogP contribution in [0.1, 0.15) is 12.5 Å². The van der Waals surface area contributed by atoms with Crippen LogP contribution in [0.3, 0.4) is 0 Å². The average molecular weight is 564 g/mol. The van der Waals surface area contributed by atoms with Gasteiger partial charge in [0, 0.05) is 32.9 Å². The Morgan fingerprint density at radius 3 is 2.69 bits per heavy atom. The number of benzene rings is 1. The van der Waals surface area contributed by atoms with Gasteiger partial charge in [-0.1, -0.05) is 6.07 Å². The Bertz CT molecular complexity index is 940. The molecule has 1 amide bonds. The van der Waals surface area contributed by atoms with Gasteiger partial charge >= 0.3 is 6.61 Å². The molecule has 176 valence electrons. The third-order valence-corrected chi connectivity index (χ3v) is 4.71. The van der Waals surface area contributed by atoms with E-state index in [0.29, 0.717) is 31.2 Å². The van der Waals surface area contributed by atoms with Gasteiger partial charge in [0.1, 0.15) is 6.54 Å². The van der Waals surface area contributed by atoms with E-state index in [1.165, 1.54) is 13.2 Å². The van der Waals surface area contributed by atoms with E-state index >= 15 is 0 Å². The number of carbonyl (C=O) groups excluding carboxylic acids is 1. The minimum atomic E-state index is -2.95. The molecule has 0 bridgehead atoms. The van der Waals surface area contributed by atoms with Crippen LogP contribution in [0.25, 0.3) is 0 Å². The van der Waals surface area contributed by atoms with Crippen molar-refractivity contribution < 1.29 is 23.0 Å². The summed E-state index contributed by atoms with van der Waals surface area (Å²) in [6, 6.07) is 4.77. The summed E-state index contributed by atoms with van der Waals surface area (Å²) in [5.41, 5.74) is 1.44. The molecule has 1 fully saturated rings. The Labute approximate surface area is 202 Å². The number of piperazine rings is 1. The highest BCUT2D eigenvalue weighted by atomic mass is 127. The van der Waals surface area contributed by atoms with Crippen LogP contribution in [0.2, 0.25) is 0 Å². The van der Waals surface area contributed by atoms with E-state index in [0.717, 1.165) is 5.69 Å². The van der Waals surface area contributed by atoms with E-state index in [-0.39, 0.29) is 54.5 Å². The van der Waals surface area contributed by atoms with Gasteiger partial charge in [-0.2, -0.15) is 13.9 Å². The van der Waals surface area contributed by atoms with Crippen molar-refractivity contribution in [3.05, 3.63) is 36.2 Å². The lowest BCUT2D eigenvalue weighted by Gasteiger charge is -2.35. The van der Waals surface area contributed by atoms with Crippen molar-refractivity contribution in [1.29, 1.82) is 0 Å². The number of aryl methyl sites for hydroxylation is 1. The summed E-state index contributed by atoms with van der Waals surface area (Å²) in [5, 5.41) is 7.30. The number of amides is 1. The molecule has 1 aliphatic heterocycles. The molecule has 0 atom stereocenters. The highest BCUT2D eigenvalue weighted by molar-refractivity contribution is 14.0. The normalized spacial score (nSPS) is 14.4. The fourth-order valence-corrected chi connectivity index (χ4v) is 3.27. The molecule has 0 saturated carbocycles. The molecule has 12 heteroatoms. The third kappa shape index (κ3) is 6.43. The first-order valence-electron chi connectivity index (χ1n) is 9.85. The van der Waals surface area contributed by atoms with Gasteiger partial charge in [0.25, 0.3) is 0 Å². The zero-order chi connectivity index (χ0) is 22.4. The number of methoxy groups -OCH3 is 1. The van der Waals surface area contributed by atoms with Gasteiger partial charge in [0.15, 0.2) is 17.5 Å². The first-order chi connectivity index (χ1) is 14.9. The van der Waals surface area contributed by atoms with Gasteiger partial charge in [-0.25, -0.2) is 4.99 Å². The number of nitrogens with one attached hydrogen (secondary N) is 1. The predicted molar refractivity (Wildman–Crippen MR) is 127 cm³/mol. The Balaban J connectivity index is 0.00000363. The number of halogens is 3. The standard InChI is InChI=1S/C20H26F2N6O3.HI/c1-4-23-20(24-10-14-5-6-16(30-3)17(9-14)31-19(21)22)27-7-8-28(18(29)13-27)15-11-25-26(2)12-15;/h5-6,9,11-12,19H,4,7-8,10,13H2,1-3H3,(H,23,24);1H. The van der Waals surface area contributed by atoms with Crippen molar-refractivity contribution in [1.82, 2.24) is 20.0 Å². The van der Waals surface area contributed by atoms with E-state index in [1.807, 2.05) is 11.8 Å². The summed E-state index contributed by atoms with van der Waals surface area (Å²) >= 11 is 0. The van der Waals surface area contributed by atoms with Gasteiger partial charge in [-0.15, -0.1) is 24.0 Å². The van der Waals surface area contributed by atoms with Crippen LogP contribution in [-0.2, 0) is 18.4 Å². The van der Waals surface area contributed by atoms with Crippen molar-refractivity contribution in [2.24, 2.45) is 12.0 Å². The number of hydrogen-bond donors (Lipinski definition) is 1. The number of aromatic nitrogens is 2. The SMILES string of the molecule is CCNC(=NCc1ccc(OC)c(OC(F)F)c1)N1CCN(c2cnn(C)c2)C(=O)C1.I. The molecule has 0 radical (unpaired) electrons. The highest BCUT2D eigenvalue weighted by Crippen LogP contribution is 2.29. The van der Waals surface area contributed by atoms with Crippen LogP contribution in [0.5, 0.6) is 11.5 Å². The second-order valence-corrected chi connectivity index (χ2v) is 6.87. The maximum Gasteiger partial charge on any atom is 0.387 e. The number of nitrogens with zero attached hydrogens (tertiary/aromatic N) is 5. The molecular formula is C20H27F2IN6O3. The van der Waals surface area contributed by atoms with Crippen LogP contribution in [0, 0.1) is 0 Å². The first kappa shape index (κ1) is 25.6. The summed E-state index contributed by atoms with van der Waals surface area (Å²) in [4.78, 5) is 20.8. The van der Waals surface area contributed by atoms with Gasteiger partial charge in [-0.05, 0) is 24.6 Å². The molecule has 0 spiro atoms. The molecule has 9 nitrogen and oxygen atoms in total. The molecule has 0 unspecified atom stereocenters. The molecule has 3 rings (SSSR count). The highest BCUT2D eigenvalue weighted by Gasteiger charge is 2.27. The lowest BCUT2D eigenvalue weighted by molar-refractivity contribution is -0.120. The zero-order valence-corrected chi connectivity index (χ0v) is 20.5. The Hall–Kier alpha value is -2.64. The number of rotatable bonds is 7. The van der Waals surface area contributed by atoms with Crippen LogP contribution in [0.4, 0.5) is 14.5 Å². The maximum atomic E-state index is 12.7. The second kappa shape index (κ2) is 11.8. The number of ether oxygens (including phenoxy) is 2. The summed E-state index contributed by atoms with van der Waals surface area (Å²) in [5.74, 6) is 0.697. The van der Waals surface area contributed by atoms with Gasteiger partial charge in [-0.3, -0.25) is 9.48 Å². The van der Waals surface area contributed by atoms with Crippen LogP contribution in [-0.4, -0.2) is 66.4 Å². The van der Waals surface area contributed by atoms with E-state index in [4.69, 9.17) is 4.74 Å². The molecular weight excluding hydrogens is 537 g/mol. The average Bonchev–Trinajstić information content (AvgIpc) is 3.16. The number of carbonyl (C=O) groups is 1. The lowest BCUT2D eigenvalue weighted by Crippen LogP contribution is -2.55. The number of hydrogen-bond acceptors (Lipinski definition) is 5. The van der Waals surface area contributed by atoms with Crippen molar-refractivity contribution in [3.63, 3.8) is 0 Å². The van der Waals surface area contributed by atoms with E-state index < -0.39 is 6.61 Å². The van der Waals surface area contributed by atoms with E-state index in [9.17, 15) is 13.6 Å². The summed E-state index contributed by atoms with van der Waals surface area (Å²) < 4.78 is 36.5. The summed E-state index contributed by atoms with van der Waals surface area (Å²) in [6.07, 6.45) is 3.46. The minimum absolute atomic E-state index is 0. The molecule has 1 aliphatic rings. The summed E-state index contributed by atoms with van der Waals surface area (Å²) in [6.45, 7) is 1.10. The largest absolute Gasteiger partial charge is 0.493 e. The molecule has 1 aromatic heterocycles. The van der Waals surface area contributed by atoms with Crippen molar-refractivity contribution in [3.8, 4) is 11.5 Å². The fourth-order valence-electron chi connectivity index (χ4n) is 3.27. The first-order valence-corrected chi connectivity index (χ1v) is 9.85. The van der Waals surface area contributed by atoms with E-state index in [1.54, 1.807) is 41.2 Å². The third-order valence-electron chi connectivity index (χ3n) is 4.71. The van der Waals surface area contributed by atoms with Crippen LogP contribution < -0.4 is 19.7 Å². The molecule has 2 aromatic rings. The summed E-state index contributed by atoms with van der Waals surface area (Å²) in [7, 11) is 3.19. The van der Waals surface area contributed by atoms with Crippen molar-refractivity contribution in [2.75, 3.05) is 38.2 Å². The van der Waals surface area contributed by atoms with Crippen LogP contribution in [0.15, 0.2) is 35.6 Å². The predicted octanol–water partition coefficient (Wildman–Crippen LogP) is 2.46. The van der Waals surface area contributed by atoms with E-state index in [2.05, 4.69) is 20.1 Å². The Morgan fingerprint density at radius 1 is 1.31 bits per heavy atom. The van der Waals surface area contributed by atoms with Gasteiger partial charge in [0.05, 0.1) is 25.5 Å². The van der Waals surface area contributed by atoms with Crippen molar-refractivity contribution >= 4 is 41.5 Å². The molecule has 2 heterocycles. The minimum Gasteiger partial charge on any atom is -0.493 e. The molecule has 32 heavy (non-hydrogen) atoms. The second-order valence-electron chi connectivity index (χ2n) is 6.87. The topological polar surface area (TPSA) is 84.2 Å². The van der Waals surface area contributed by atoms with Gasteiger partial charge < -0.3 is 24.6 Å². The molecule has 0 aliphatic carbocycles. The molecule has 1 aromatic carbocycles. The lowest BCUT2D eigenvalue weighted by atomic mass is 10.2. The Kier molecular flexibility index (Phi) is 9.47.